The third kappa shape index (κ3) is 4.10. The molecule has 0 bridgehead atoms. The van der Waals surface area contributed by atoms with Gasteiger partial charge in [-0.25, -0.2) is 4.68 Å². The molecular weight excluding hydrogens is 368 g/mol. The number of ether oxygens (including phenoxy) is 1. The molecule has 1 unspecified atom stereocenters. The van der Waals surface area contributed by atoms with Gasteiger partial charge in [0.1, 0.15) is 5.75 Å². The number of amides is 1. The molecule has 0 saturated carbocycles. The van der Waals surface area contributed by atoms with Crippen LogP contribution in [-0.2, 0) is 0 Å². The van der Waals surface area contributed by atoms with Crippen LogP contribution in [0.25, 0.3) is 5.69 Å². The molecule has 2 aromatic rings. The van der Waals surface area contributed by atoms with Crippen LogP contribution in [0.3, 0.4) is 0 Å². The second-order valence-electron chi connectivity index (χ2n) is 5.95. The Morgan fingerprint density at radius 3 is 2.65 bits per heavy atom. The standard InChI is InChI=1S/C16H19F2N5O2.ClH/c1-10-14(15(24)22-7-6-11(8-19)9-22)20-21-23(10)12-2-4-13(5-3-12)25-16(17)18;/h2-5,11,16H,6-9,19H2,1H3;1H. The smallest absolute Gasteiger partial charge is 0.387 e. The van der Waals surface area contributed by atoms with Gasteiger partial charge in [0.15, 0.2) is 5.69 Å². The van der Waals surface area contributed by atoms with E-state index in [1.165, 1.54) is 16.8 Å². The number of aromatic nitrogens is 3. The highest BCUT2D eigenvalue weighted by Crippen LogP contribution is 2.21. The number of hydrogen-bond donors (Lipinski definition) is 1. The summed E-state index contributed by atoms with van der Waals surface area (Å²) in [5.74, 6) is 0.205. The van der Waals surface area contributed by atoms with Crippen molar-refractivity contribution in [2.75, 3.05) is 19.6 Å². The van der Waals surface area contributed by atoms with Crippen molar-refractivity contribution in [2.24, 2.45) is 11.7 Å². The van der Waals surface area contributed by atoms with E-state index in [1.807, 2.05) is 0 Å². The first kappa shape index (κ1) is 20.1. The molecule has 1 amide bonds. The third-order valence-corrected chi connectivity index (χ3v) is 4.31. The lowest BCUT2D eigenvalue weighted by Crippen LogP contribution is -2.30. The lowest BCUT2D eigenvalue weighted by atomic mass is 10.1. The van der Waals surface area contributed by atoms with Crippen LogP contribution in [0.1, 0.15) is 22.6 Å². The molecule has 1 aliphatic heterocycles. The van der Waals surface area contributed by atoms with E-state index in [9.17, 15) is 13.6 Å². The van der Waals surface area contributed by atoms with Gasteiger partial charge in [0.25, 0.3) is 5.91 Å². The minimum absolute atomic E-state index is 0. The zero-order valence-corrected chi connectivity index (χ0v) is 15.0. The summed E-state index contributed by atoms with van der Waals surface area (Å²) in [6, 6.07) is 5.98. The van der Waals surface area contributed by atoms with Gasteiger partial charge in [-0.3, -0.25) is 4.79 Å². The van der Waals surface area contributed by atoms with Crippen molar-refractivity contribution < 1.29 is 18.3 Å². The minimum Gasteiger partial charge on any atom is -0.435 e. The molecule has 0 aliphatic carbocycles. The van der Waals surface area contributed by atoms with E-state index in [1.54, 1.807) is 24.0 Å². The van der Waals surface area contributed by atoms with Gasteiger partial charge < -0.3 is 15.4 Å². The Labute approximate surface area is 155 Å². The van der Waals surface area contributed by atoms with Crippen molar-refractivity contribution in [3.63, 3.8) is 0 Å². The Morgan fingerprint density at radius 1 is 1.38 bits per heavy atom. The summed E-state index contributed by atoms with van der Waals surface area (Å²) < 4.78 is 30.2. The van der Waals surface area contributed by atoms with Crippen LogP contribution in [0.4, 0.5) is 8.78 Å². The molecule has 7 nitrogen and oxygen atoms in total. The average molecular weight is 388 g/mol. The second kappa shape index (κ2) is 8.41. The highest BCUT2D eigenvalue weighted by molar-refractivity contribution is 5.93. The van der Waals surface area contributed by atoms with Crippen LogP contribution in [0.2, 0.25) is 0 Å². The monoisotopic (exact) mass is 387 g/mol. The zero-order valence-electron chi connectivity index (χ0n) is 14.1. The number of benzene rings is 1. The molecule has 26 heavy (non-hydrogen) atoms. The van der Waals surface area contributed by atoms with E-state index in [4.69, 9.17) is 5.73 Å². The molecule has 1 aromatic carbocycles. The summed E-state index contributed by atoms with van der Waals surface area (Å²) in [4.78, 5) is 14.3. The maximum atomic E-state index is 12.6. The molecule has 3 rings (SSSR count). The van der Waals surface area contributed by atoms with Crippen molar-refractivity contribution in [1.29, 1.82) is 0 Å². The molecule has 2 heterocycles. The van der Waals surface area contributed by atoms with Gasteiger partial charge in [-0.15, -0.1) is 17.5 Å². The Morgan fingerprint density at radius 2 is 2.08 bits per heavy atom. The Balaban J connectivity index is 0.00000243. The lowest BCUT2D eigenvalue weighted by molar-refractivity contribution is -0.0498. The van der Waals surface area contributed by atoms with Crippen LogP contribution in [0.15, 0.2) is 24.3 Å². The molecule has 0 spiro atoms. The van der Waals surface area contributed by atoms with Gasteiger partial charge in [0.05, 0.1) is 11.4 Å². The number of carbonyl (C=O) groups excluding carboxylic acids is 1. The third-order valence-electron chi connectivity index (χ3n) is 4.31. The predicted octanol–water partition coefficient (Wildman–Crippen LogP) is 2.02. The van der Waals surface area contributed by atoms with Crippen molar-refractivity contribution in [1.82, 2.24) is 19.9 Å². The van der Waals surface area contributed by atoms with Crippen molar-refractivity contribution >= 4 is 18.3 Å². The number of alkyl halides is 2. The van der Waals surface area contributed by atoms with Crippen molar-refractivity contribution in [3.05, 3.63) is 35.7 Å². The zero-order chi connectivity index (χ0) is 18.0. The van der Waals surface area contributed by atoms with E-state index in [0.29, 0.717) is 36.9 Å². The first-order chi connectivity index (χ1) is 12.0. The molecule has 2 N–H and O–H groups in total. The number of rotatable bonds is 5. The number of likely N-dealkylation sites (tertiary alicyclic amines) is 1. The van der Waals surface area contributed by atoms with Gasteiger partial charge in [-0.1, -0.05) is 5.21 Å². The summed E-state index contributed by atoms with van der Waals surface area (Å²) in [6.07, 6.45) is 0.890. The Hall–Kier alpha value is -2.26. The maximum Gasteiger partial charge on any atom is 0.387 e. The van der Waals surface area contributed by atoms with Gasteiger partial charge in [-0.05, 0) is 50.1 Å². The summed E-state index contributed by atoms with van der Waals surface area (Å²) in [5, 5.41) is 8.01. The van der Waals surface area contributed by atoms with Gasteiger partial charge in [0, 0.05) is 13.1 Å². The molecule has 1 aliphatic rings. The van der Waals surface area contributed by atoms with Gasteiger partial charge in [-0.2, -0.15) is 8.78 Å². The largest absolute Gasteiger partial charge is 0.435 e. The summed E-state index contributed by atoms with van der Waals surface area (Å²) in [6.45, 7) is 0.713. The van der Waals surface area contributed by atoms with Crippen LogP contribution >= 0.6 is 12.4 Å². The van der Waals surface area contributed by atoms with E-state index >= 15 is 0 Å². The fourth-order valence-electron chi connectivity index (χ4n) is 2.90. The lowest BCUT2D eigenvalue weighted by Gasteiger charge is -2.15. The number of carbonyl (C=O) groups is 1. The maximum absolute atomic E-state index is 12.6. The fourth-order valence-corrected chi connectivity index (χ4v) is 2.90. The van der Waals surface area contributed by atoms with Gasteiger partial charge in [0.2, 0.25) is 0 Å². The minimum atomic E-state index is -2.87. The topological polar surface area (TPSA) is 86.3 Å². The van der Waals surface area contributed by atoms with Gasteiger partial charge >= 0.3 is 6.61 Å². The van der Waals surface area contributed by atoms with Crippen molar-refractivity contribution in [3.8, 4) is 11.4 Å². The highest BCUT2D eigenvalue weighted by Gasteiger charge is 2.29. The number of hydrogen-bond acceptors (Lipinski definition) is 5. The average Bonchev–Trinajstić information content (AvgIpc) is 3.21. The molecule has 0 radical (unpaired) electrons. The summed E-state index contributed by atoms with van der Waals surface area (Å²) in [7, 11) is 0. The van der Waals surface area contributed by atoms with E-state index in [2.05, 4.69) is 15.0 Å². The molecular formula is C16H20ClF2N5O2. The van der Waals surface area contributed by atoms with Crippen LogP contribution < -0.4 is 10.5 Å². The van der Waals surface area contributed by atoms with Crippen molar-refractivity contribution in [2.45, 2.75) is 20.0 Å². The SMILES string of the molecule is Cc1c(C(=O)N2CCC(CN)C2)nnn1-c1ccc(OC(F)F)cc1.Cl. The number of nitrogens with zero attached hydrogens (tertiary/aromatic N) is 4. The quantitative estimate of drug-likeness (QED) is 0.848. The molecule has 1 saturated heterocycles. The second-order valence-corrected chi connectivity index (χ2v) is 5.95. The molecule has 1 aromatic heterocycles. The first-order valence-electron chi connectivity index (χ1n) is 7.96. The number of halogens is 3. The Bertz CT molecular complexity index is 754. The summed E-state index contributed by atoms with van der Waals surface area (Å²) >= 11 is 0. The first-order valence-corrected chi connectivity index (χ1v) is 7.96. The van der Waals surface area contributed by atoms with Crippen LogP contribution in [-0.4, -0.2) is 52.0 Å². The van der Waals surface area contributed by atoms with E-state index in [-0.39, 0.29) is 29.8 Å². The molecule has 142 valence electrons. The fraction of sp³-hybridized carbons (Fsp3) is 0.438. The summed E-state index contributed by atoms with van der Waals surface area (Å²) in [5.41, 5.74) is 7.13. The van der Waals surface area contributed by atoms with E-state index in [0.717, 1.165) is 6.42 Å². The normalized spacial score (nSPS) is 16.7. The van der Waals surface area contributed by atoms with E-state index < -0.39 is 6.61 Å². The molecule has 10 heteroatoms. The predicted molar refractivity (Wildman–Crippen MR) is 93.0 cm³/mol. The molecule has 1 atom stereocenters. The Kier molecular flexibility index (Phi) is 6.49. The van der Waals surface area contributed by atoms with Crippen LogP contribution in [0.5, 0.6) is 5.75 Å². The van der Waals surface area contributed by atoms with Crippen LogP contribution in [0, 0.1) is 12.8 Å². The highest BCUT2D eigenvalue weighted by atomic mass is 35.5. The molecule has 1 fully saturated rings. The number of nitrogens with two attached hydrogens (primary N) is 1.